The Morgan fingerprint density at radius 3 is 2.88 bits per heavy atom. The molecule has 1 aromatic carbocycles. The number of amides is 1. The molecule has 6 heteroatoms. The molecule has 0 saturated heterocycles. The lowest BCUT2D eigenvalue weighted by molar-refractivity contribution is -0.118. The summed E-state index contributed by atoms with van der Waals surface area (Å²) in [5.74, 6) is 0.918. The Morgan fingerprint density at radius 1 is 1.25 bits per heavy atom. The van der Waals surface area contributed by atoms with E-state index in [9.17, 15) is 4.79 Å². The number of benzene rings is 1. The van der Waals surface area contributed by atoms with Crippen molar-refractivity contribution in [2.24, 2.45) is 0 Å². The zero-order chi connectivity index (χ0) is 17.1. The molecule has 0 saturated carbocycles. The maximum atomic E-state index is 12.2. The summed E-state index contributed by atoms with van der Waals surface area (Å²) in [6.45, 7) is 3.75. The fraction of sp³-hybridized carbons (Fsp3) is 0.222. The highest BCUT2D eigenvalue weighted by Gasteiger charge is 2.11. The number of imidazole rings is 1. The molecule has 2 heterocycles. The lowest BCUT2D eigenvalue weighted by Crippen LogP contribution is -2.20. The average Bonchev–Trinajstić information content (AvgIpc) is 2.94. The number of carbonyl (C=O) groups excluding carboxylic acids is 1. The fourth-order valence-electron chi connectivity index (χ4n) is 2.47. The molecule has 0 bridgehead atoms. The van der Waals surface area contributed by atoms with Crippen molar-refractivity contribution in [2.45, 2.75) is 13.8 Å². The van der Waals surface area contributed by atoms with Gasteiger partial charge in [-0.25, -0.2) is 4.98 Å². The lowest BCUT2D eigenvalue weighted by atomic mass is 10.2. The van der Waals surface area contributed by atoms with Gasteiger partial charge in [-0.05, 0) is 43.7 Å². The summed E-state index contributed by atoms with van der Waals surface area (Å²) in [4.78, 5) is 16.6. The number of rotatable bonds is 5. The van der Waals surface area contributed by atoms with Crippen LogP contribution in [0.4, 0.5) is 5.69 Å². The van der Waals surface area contributed by atoms with Crippen LogP contribution in [0.15, 0.2) is 42.7 Å². The maximum Gasteiger partial charge on any atom is 0.262 e. The van der Waals surface area contributed by atoms with Crippen molar-refractivity contribution in [2.75, 3.05) is 19.0 Å². The van der Waals surface area contributed by atoms with Crippen molar-refractivity contribution >= 4 is 17.2 Å². The monoisotopic (exact) mass is 325 g/mol. The Hall–Kier alpha value is -3.02. The fourth-order valence-corrected chi connectivity index (χ4v) is 2.47. The van der Waals surface area contributed by atoms with Gasteiger partial charge in [-0.3, -0.25) is 4.79 Å². The smallest absolute Gasteiger partial charge is 0.262 e. The van der Waals surface area contributed by atoms with E-state index in [-0.39, 0.29) is 12.5 Å². The van der Waals surface area contributed by atoms with E-state index in [0.29, 0.717) is 22.8 Å². The van der Waals surface area contributed by atoms with Crippen molar-refractivity contribution in [3.05, 3.63) is 54.0 Å². The van der Waals surface area contributed by atoms with Gasteiger partial charge in [-0.15, -0.1) is 0 Å². The topological polar surface area (TPSA) is 64.9 Å². The molecule has 3 aromatic rings. The molecule has 1 amide bonds. The van der Waals surface area contributed by atoms with Crippen LogP contribution < -0.4 is 14.8 Å². The van der Waals surface area contributed by atoms with E-state index in [0.717, 1.165) is 11.3 Å². The molecule has 0 radical (unpaired) electrons. The first-order chi connectivity index (χ1) is 11.6. The van der Waals surface area contributed by atoms with Gasteiger partial charge in [0.25, 0.3) is 5.91 Å². The predicted octanol–water partition coefficient (Wildman–Crippen LogP) is 2.98. The van der Waals surface area contributed by atoms with E-state index in [1.807, 2.05) is 54.9 Å². The number of pyridine rings is 1. The Bertz CT molecular complexity index is 886. The number of methoxy groups -OCH3 is 1. The zero-order valence-corrected chi connectivity index (χ0v) is 13.9. The first kappa shape index (κ1) is 15.9. The molecule has 3 rings (SSSR count). The summed E-state index contributed by atoms with van der Waals surface area (Å²) < 4.78 is 12.8. The van der Waals surface area contributed by atoms with Gasteiger partial charge in [0, 0.05) is 12.4 Å². The van der Waals surface area contributed by atoms with E-state index in [1.54, 1.807) is 13.2 Å². The molecule has 0 aliphatic carbocycles. The standard InChI is InChI=1S/C18H19N3O3/c1-12-6-7-15(23-3)14(9-12)20-17(22)11-24-16-5-4-8-21-10-13(2)19-18(16)21/h4-10H,11H2,1-3H3,(H,20,22). The van der Waals surface area contributed by atoms with Gasteiger partial charge in [0.15, 0.2) is 18.0 Å². The van der Waals surface area contributed by atoms with E-state index in [4.69, 9.17) is 9.47 Å². The first-order valence-electron chi connectivity index (χ1n) is 7.58. The van der Waals surface area contributed by atoms with Crippen LogP contribution in [0, 0.1) is 13.8 Å². The second-order valence-corrected chi connectivity index (χ2v) is 5.53. The molecule has 1 N–H and O–H groups in total. The van der Waals surface area contributed by atoms with Crippen LogP contribution in [-0.2, 0) is 4.79 Å². The summed E-state index contributed by atoms with van der Waals surface area (Å²) in [6, 6.07) is 9.24. The van der Waals surface area contributed by atoms with Gasteiger partial charge in [-0.2, -0.15) is 0 Å². The minimum Gasteiger partial charge on any atom is -0.495 e. The van der Waals surface area contributed by atoms with Gasteiger partial charge in [0.2, 0.25) is 0 Å². The third-order valence-corrected chi connectivity index (χ3v) is 3.56. The molecule has 0 atom stereocenters. The summed E-state index contributed by atoms with van der Waals surface area (Å²) in [5.41, 5.74) is 3.24. The molecular weight excluding hydrogens is 306 g/mol. The predicted molar refractivity (Wildman–Crippen MR) is 91.8 cm³/mol. The van der Waals surface area contributed by atoms with E-state index in [2.05, 4.69) is 10.3 Å². The number of hydrogen-bond donors (Lipinski definition) is 1. The number of carbonyl (C=O) groups is 1. The number of nitrogens with one attached hydrogen (secondary N) is 1. The number of fused-ring (bicyclic) bond motifs is 1. The molecule has 0 fully saturated rings. The van der Waals surface area contributed by atoms with Crippen molar-refractivity contribution in [1.82, 2.24) is 9.38 Å². The average molecular weight is 325 g/mol. The van der Waals surface area contributed by atoms with E-state index < -0.39 is 0 Å². The molecule has 6 nitrogen and oxygen atoms in total. The van der Waals surface area contributed by atoms with Gasteiger partial charge in [0.1, 0.15) is 5.75 Å². The van der Waals surface area contributed by atoms with E-state index in [1.165, 1.54) is 0 Å². The van der Waals surface area contributed by atoms with Crippen LogP contribution in [0.1, 0.15) is 11.3 Å². The SMILES string of the molecule is COc1ccc(C)cc1NC(=O)COc1cccn2cc(C)nc12. The molecule has 0 spiro atoms. The second-order valence-electron chi connectivity index (χ2n) is 5.53. The minimum absolute atomic E-state index is 0.108. The number of aromatic nitrogens is 2. The van der Waals surface area contributed by atoms with Crippen molar-refractivity contribution in [3.8, 4) is 11.5 Å². The Balaban J connectivity index is 1.70. The Labute approximate surface area is 140 Å². The van der Waals surface area contributed by atoms with Crippen molar-refractivity contribution in [3.63, 3.8) is 0 Å². The molecule has 0 aliphatic rings. The normalized spacial score (nSPS) is 10.6. The number of nitrogens with zero attached hydrogens (tertiary/aromatic N) is 2. The van der Waals surface area contributed by atoms with E-state index >= 15 is 0 Å². The van der Waals surface area contributed by atoms with Gasteiger partial charge in [-0.1, -0.05) is 6.07 Å². The van der Waals surface area contributed by atoms with Crippen LogP contribution in [0.5, 0.6) is 11.5 Å². The van der Waals surface area contributed by atoms with Gasteiger partial charge in [0.05, 0.1) is 18.5 Å². The van der Waals surface area contributed by atoms with Gasteiger partial charge < -0.3 is 19.2 Å². The van der Waals surface area contributed by atoms with Crippen LogP contribution in [-0.4, -0.2) is 29.0 Å². The molecule has 24 heavy (non-hydrogen) atoms. The number of aryl methyl sites for hydroxylation is 2. The van der Waals surface area contributed by atoms with Gasteiger partial charge >= 0.3 is 0 Å². The lowest BCUT2D eigenvalue weighted by Gasteiger charge is -2.12. The third-order valence-electron chi connectivity index (χ3n) is 3.56. The molecule has 124 valence electrons. The first-order valence-corrected chi connectivity index (χ1v) is 7.58. The summed E-state index contributed by atoms with van der Waals surface area (Å²) in [7, 11) is 1.57. The van der Waals surface area contributed by atoms with Crippen molar-refractivity contribution in [1.29, 1.82) is 0 Å². The van der Waals surface area contributed by atoms with Crippen molar-refractivity contribution < 1.29 is 14.3 Å². The number of anilines is 1. The Morgan fingerprint density at radius 2 is 2.08 bits per heavy atom. The third kappa shape index (κ3) is 3.32. The van der Waals surface area contributed by atoms with Crippen LogP contribution >= 0.6 is 0 Å². The summed E-state index contributed by atoms with van der Waals surface area (Å²) in [5, 5.41) is 2.81. The number of hydrogen-bond acceptors (Lipinski definition) is 4. The second kappa shape index (κ2) is 6.62. The van der Waals surface area contributed by atoms with Crippen LogP contribution in [0.2, 0.25) is 0 Å². The summed E-state index contributed by atoms with van der Waals surface area (Å²) in [6.07, 6.45) is 3.79. The molecular formula is C18H19N3O3. The molecule has 0 unspecified atom stereocenters. The Kier molecular flexibility index (Phi) is 4.37. The van der Waals surface area contributed by atoms with Crippen LogP contribution in [0.3, 0.4) is 0 Å². The molecule has 2 aromatic heterocycles. The molecule has 0 aliphatic heterocycles. The highest BCUT2D eigenvalue weighted by Crippen LogP contribution is 2.25. The quantitative estimate of drug-likeness (QED) is 0.783. The number of ether oxygens (including phenoxy) is 2. The highest BCUT2D eigenvalue weighted by atomic mass is 16.5. The zero-order valence-electron chi connectivity index (χ0n) is 13.9. The van der Waals surface area contributed by atoms with Crippen LogP contribution in [0.25, 0.3) is 5.65 Å². The largest absolute Gasteiger partial charge is 0.495 e. The summed E-state index contributed by atoms with van der Waals surface area (Å²) >= 11 is 0. The highest BCUT2D eigenvalue weighted by molar-refractivity contribution is 5.93. The minimum atomic E-state index is -0.260. The maximum absolute atomic E-state index is 12.2.